The number of carbonyl (C=O) groups excluding carboxylic acids is 1. The molecule has 142 valence electrons. The molecule has 26 heavy (non-hydrogen) atoms. The number of likely N-dealkylation sites (tertiary alicyclic amines) is 2. The molecule has 2 heterocycles. The van der Waals surface area contributed by atoms with E-state index in [1.54, 1.807) is 17.9 Å². The first-order valence-corrected chi connectivity index (χ1v) is 9.03. The Morgan fingerprint density at radius 3 is 2.73 bits per heavy atom. The minimum atomic E-state index is -0.900. The fraction of sp³-hybridized carbons (Fsp3) is 0.556. The molecule has 1 aromatic carbocycles. The van der Waals surface area contributed by atoms with Crippen LogP contribution in [0.5, 0.6) is 0 Å². The summed E-state index contributed by atoms with van der Waals surface area (Å²) in [7, 11) is 1.93. The summed E-state index contributed by atoms with van der Waals surface area (Å²) in [6.07, 6.45) is 1.17. The molecule has 0 aromatic heterocycles. The Hall–Kier alpha value is -1.86. The fourth-order valence-electron chi connectivity index (χ4n) is 3.84. The Bertz CT molecular complexity index is 732. The molecular formula is C18H23ClFN3O3. The number of carboxylic acid groups (broad SMARTS) is 1. The molecule has 0 spiro atoms. The molecule has 1 aromatic rings. The highest BCUT2D eigenvalue weighted by Crippen LogP contribution is 2.34. The number of halogens is 2. The summed E-state index contributed by atoms with van der Waals surface area (Å²) >= 11 is 5.77. The van der Waals surface area contributed by atoms with Crippen LogP contribution < -0.4 is 5.32 Å². The van der Waals surface area contributed by atoms with Gasteiger partial charge >= 0.3 is 12.0 Å². The minimum Gasteiger partial charge on any atom is -0.481 e. The van der Waals surface area contributed by atoms with Crippen LogP contribution in [0.3, 0.4) is 0 Å². The third-order valence-electron chi connectivity index (χ3n) is 5.52. The molecule has 2 N–H and O–H groups in total. The molecule has 2 fully saturated rings. The minimum absolute atomic E-state index is 0.0695. The number of nitrogens with zero attached hydrogens (tertiary/aromatic N) is 2. The molecule has 2 aliphatic heterocycles. The van der Waals surface area contributed by atoms with E-state index in [0.717, 1.165) is 18.5 Å². The van der Waals surface area contributed by atoms with E-state index >= 15 is 0 Å². The SMILES string of the molecule is CN1CCC(NC(=O)N2CCC(C)(C(=O)O)C2)C1c1ccc(Cl)c(F)c1. The molecule has 0 bridgehead atoms. The number of nitrogens with one attached hydrogen (secondary N) is 1. The third-order valence-corrected chi connectivity index (χ3v) is 5.83. The normalized spacial score (nSPS) is 29.2. The van der Waals surface area contributed by atoms with E-state index in [-0.39, 0.29) is 29.7 Å². The Kier molecular flexibility index (Phi) is 5.12. The van der Waals surface area contributed by atoms with Gasteiger partial charge in [0.2, 0.25) is 0 Å². The maximum atomic E-state index is 13.9. The van der Waals surface area contributed by atoms with Crippen molar-refractivity contribution in [2.75, 3.05) is 26.7 Å². The second-order valence-electron chi connectivity index (χ2n) is 7.48. The number of carbonyl (C=O) groups is 2. The summed E-state index contributed by atoms with van der Waals surface area (Å²) in [5, 5.41) is 12.4. The lowest BCUT2D eigenvalue weighted by molar-refractivity contribution is -0.147. The molecule has 2 amide bonds. The van der Waals surface area contributed by atoms with Crippen LogP contribution in [0.4, 0.5) is 9.18 Å². The average molecular weight is 384 g/mol. The molecule has 0 aliphatic carbocycles. The average Bonchev–Trinajstić information content (AvgIpc) is 3.15. The first kappa shape index (κ1) is 18.9. The number of hydrogen-bond acceptors (Lipinski definition) is 3. The van der Waals surface area contributed by atoms with Gasteiger partial charge in [0.25, 0.3) is 0 Å². The van der Waals surface area contributed by atoms with Gasteiger partial charge in [0, 0.05) is 19.6 Å². The fourth-order valence-corrected chi connectivity index (χ4v) is 3.96. The second kappa shape index (κ2) is 7.04. The first-order valence-electron chi connectivity index (χ1n) is 8.65. The largest absolute Gasteiger partial charge is 0.481 e. The van der Waals surface area contributed by atoms with Crippen molar-refractivity contribution in [3.05, 3.63) is 34.6 Å². The monoisotopic (exact) mass is 383 g/mol. The highest BCUT2D eigenvalue weighted by molar-refractivity contribution is 6.30. The summed E-state index contributed by atoms with van der Waals surface area (Å²) in [5.41, 5.74) is -0.142. The van der Waals surface area contributed by atoms with Crippen LogP contribution in [0.2, 0.25) is 5.02 Å². The summed E-state index contributed by atoms with van der Waals surface area (Å²) in [6, 6.07) is 4.11. The predicted molar refractivity (Wildman–Crippen MR) is 95.7 cm³/mol. The van der Waals surface area contributed by atoms with Crippen molar-refractivity contribution in [1.82, 2.24) is 15.1 Å². The van der Waals surface area contributed by atoms with Gasteiger partial charge in [-0.05, 0) is 44.5 Å². The molecule has 3 unspecified atom stereocenters. The van der Waals surface area contributed by atoms with E-state index in [2.05, 4.69) is 10.2 Å². The van der Waals surface area contributed by atoms with Crippen molar-refractivity contribution >= 4 is 23.6 Å². The Balaban J connectivity index is 1.71. The topological polar surface area (TPSA) is 72.9 Å². The maximum absolute atomic E-state index is 13.9. The number of amides is 2. The highest BCUT2D eigenvalue weighted by Gasteiger charge is 2.43. The van der Waals surface area contributed by atoms with Crippen LogP contribution in [-0.2, 0) is 4.79 Å². The highest BCUT2D eigenvalue weighted by atomic mass is 35.5. The van der Waals surface area contributed by atoms with Crippen LogP contribution in [-0.4, -0.2) is 59.6 Å². The molecule has 3 rings (SSSR count). The summed E-state index contributed by atoms with van der Waals surface area (Å²) < 4.78 is 13.9. The Morgan fingerprint density at radius 1 is 1.38 bits per heavy atom. The lowest BCUT2D eigenvalue weighted by Crippen LogP contribution is -2.46. The van der Waals surface area contributed by atoms with E-state index in [1.807, 2.05) is 7.05 Å². The van der Waals surface area contributed by atoms with Crippen molar-refractivity contribution in [2.45, 2.75) is 31.8 Å². The van der Waals surface area contributed by atoms with Crippen LogP contribution in [0.15, 0.2) is 18.2 Å². The maximum Gasteiger partial charge on any atom is 0.317 e. The number of carboxylic acids is 1. The van der Waals surface area contributed by atoms with Gasteiger partial charge in [-0.3, -0.25) is 9.69 Å². The van der Waals surface area contributed by atoms with Crippen LogP contribution >= 0.6 is 11.6 Å². The number of rotatable bonds is 3. The molecule has 6 nitrogen and oxygen atoms in total. The molecule has 0 radical (unpaired) electrons. The molecular weight excluding hydrogens is 361 g/mol. The number of likely N-dealkylation sites (N-methyl/N-ethyl adjacent to an activating group) is 1. The zero-order valence-electron chi connectivity index (χ0n) is 14.8. The van der Waals surface area contributed by atoms with Gasteiger partial charge in [0.05, 0.1) is 22.5 Å². The van der Waals surface area contributed by atoms with E-state index in [1.165, 1.54) is 12.1 Å². The van der Waals surface area contributed by atoms with Crippen LogP contribution in [0, 0.1) is 11.2 Å². The lowest BCUT2D eigenvalue weighted by Gasteiger charge is -2.28. The lowest BCUT2D eigenvalue weighted by atomic mass is 9.90. The predicted octanol–water partition coefficient (Wildman–Crippen LogP) is 2.73. The van der Waals surface area contributed by atoms with Gasteiger partial charge in [0.1, 0.15) is 5.82 Å². The number of aliphatic carboxylic acids is 1. The Morgan fingerprint density at radius 2 is 2.12 bits per heavy atom. The van der Waals surface area contributed by atoms with Gasteiger partial charge < -0.3 is 15.3 Å². The molecule has 2 saturated heterocycles. The number of urea groups is 1. The quantitative estimate of drug-likeness (QED) is 0.841. The van der Waals surface area contributed by atoms with Crippen LogP contribution in [0.25, 0.3) is 0 Å². The van der Waals surface area contributed by atoms with E-state index < -0.39 is 17.2 Å². The van der Waals surface area contributed by atoms with Gasteiger partial charge in [-0.1, -0.05) is 17.7 Å². The third kappa shape index (κ3) is 3.50. The standard InChI is InChI=1S/C18H23ClFN3O3/c1-18(16(24)25)6-8-23(10-18)17(26)21-14-5-7-22(2)15(14)11-3-4-12(19)13(20)9-11/h3-4,9,14-15H,5-8,10H2,1-2H3,(H,21,26)(H,24,25). The van der Waals surface area contributed by atoms with Crippen molar-refractivity contribution in [3.8, 4) is 0 Å². The first-order chi connectivity index (χ1) is 12.2. The smallest absolute Gasteiger partial charge is 0.317 e. The second-order valence-corrected chi connectivity index (χ2v) is 7.89. The summed E-state index contributed by atoms with van der Waals surface area (Å²) in [5.74, 6) is -1.37. The zero-order valence-corrected chi connectivity index (χ0v) is 15.6. The van der Waals surface area contributed by atoms with Crippen molar-refractivity contribution in [3.63, 3.8) is 0 Å². The zero-order chi connectivity index (χ0) is 19.1. The van der Waals surface area contributed by atoms with Crippen molar-refractivity contribution < 1.29 is 19.1 Å². The van der Waals surface area contributed by atoms with E-state index in [0.29, 0.717) is 13.0 Å². The van der Waals surface area contributed by atoms with Gasteiger partial charge in [-0.15, -0.1) is 0 Å². The molecule has 3 atom stereocenters. The van der Waals surface area contributed by atoms with E-state index in [9.17, 15) is 19.1 Å². The van der Waals surface area contributed by atoms with Gasteiger partial charge in [0.15, 0.2) is 0 Å². The van der Waals surface area contributed by atoms with Crippen LogP contribution in [0.1, 0.15) is 31.4 Å². The molecule has 2 aliphatic rings. The number of hydrogen-bond donors (Lipinski definition) is 2. The van der Waals surface area contributed by atoms with Gasteiger partial charge in [-0.25, -0.2) is 9.18 Å². The summed E-state index contributed by atoms with van der Waals surface area (Å²) in [6.45, 7) is 3.03. The van der Waals surface area contributed by atoms with E-state index in [4.69, 9.17) is 11.6 Å². The van der Waals surface area contributed by atoms with Crippen molar-refractivity contribution in [2.24, 2.45) is 5.41 Å². The molecule has 0 saturated carbocycles. The van der Waals surface area contributed by atoms with Crippen molar-refractivity contribution in [1.29, 1.82) is 0 Å². The molecule has 8 heteroatoms. The Labute approximate surface area is 156 Å². The number of benzene rings is 1. The summed E-state index contributed by atoms with van der Waals surface area (Å²) in [4.78, 5) is 27.6. The van der Waals surface area contributed by atoms with Gasteiger partial charge in [-0.2, -0.15) is 0 Å².